The first-order valence-electron chi connectivity index (χ1n) is 7.10. The number of nitriles is 1. The third kappa shape index (κ3) is 3.39. The first-order chi connectivity index (χ1) is 11.2. The van der Waals surface area contributed by atoms with E-state index in [9.17, 15) is 0 Å². The lowest BCUT2D eigenvalue weighted by atomic mass is 10.2. The Kier molecular flexibility index (Phi) is 4.66. The molecule has 0 radical (unpaired) electrons. The second-order valence-electron chi connectivity index (χ2n) is 5.09. The van der Waals surface area contributed by atoms with Gasteiger partial charge in [0.05, 0.1) is 18.2 Å². The lowest BCUT2D eigenvalue weighted by Gasteiger charge is -2.11. The van der Waals surface area contributed by atoms with Crippen LogP contribution in [-0.4, -0.2) is 9.55 Å². The number of aromatic nitrogens is 2. The van der Waals surface area contributed by atoms with Crippen molar-refractivity contribution in [3.8, 4) is 17.5 Å². The van der Waals surface area contributed by atoms with Crippen molar-refractivity contribution in [2.24, 2.45) is 0 Å². The molecule has 0 spiro atoms. The van der Waals surface area contributed by atoms with E-state index in [-0.39, 0.29) is 6.42 Å². The first-order valence-corrected chi connectivity index (χ1v) is 7.86. The summed E-state index contributed by atoms with van der Waals surface area (Å²) >= 11 is 12.2. The van der Waals surface area contributed by atoms with Gasteiger partial charge in [0.2, 0.25) is 0 Å². The average molecular weight is 342 g/mol. The number of imidazole rings is 1. The van der Waals surface area contributed by atoms with Crippen molar-refractivity contribution in [2.45, 2.75) is 13.0 Å². The van der Waals surface area contributed by atoms with Crippen LogP contribution in [0.3, 0.4) is 0 Å². The first kappa shape index (κ1) is 15.6. The lowest BCUT2D eigenvalue weighted by molar-refractivity contribution is 0.767. The quantitative estimate of drug-likeness (QED) is 0.672. The fourth-order valence-corrected chi connectivity index (χ4v) is 2.83. The molecule has 3 rings (SSSR count). The Morgan fingerprint density at radius 1 is 1.00 bits per heavy atom. The molecule has 3 aromatic rings. The molecule has 2 aromatic carbocycles. The average Bonchev–Trinajstić information content (AvgIpc) is 2.87. The third-order valence-electron chi connectivity index (χ3n) is 3.56. The molecule has 1 heterocycles. The van der Waals surface area contributed by atoms with Crippen molar-refractivity contribution in [3.05, 3.63) is 76.0 Å². The highest BCUT2D eigenvalue weighted by atomic mass is 35.5. The number of halogens is 2. The van der Waals surface area contributed by atoms with E-state index in [2.05, 4.69) is 11.1 Å². The third-order valence-corrected chi connectivity index (χ3v) is 4.11. The van der Waals surface area contributed by atoms with E-state index in [1.165, 1.54) is 0 Å². The van der Waals surface area contributed by atoms with Crippen LogP contribution in [0.15, 0.2) is 54.6 Å². The Balaban J connectivity index is 2.08. The van der Waals surface area contributed by atoms with Gasteiger partial charge in [0, 0.05) is 17.1 Å². The van der Waals surface area contributed by atoms with Crippen LogP contribution in [0.1, 0.15) is 11.3 Å². The highest BCUT2D eigenvalue weighted by Crippen LogP contribution is 2.27. The predicted molar refractivity (Wildman–Crippen MR) is 92.5 cm³/mol. The largest absolute Gasteiger partial charge is 0.321 e. The van der Waals surface area contributed by atoms with E-state index < -0.39 is 0 Å². The molecule has 0 atom stereocenters. The highest BCUT2D eigenvalue weighted by Gasteiger charge is 2.17. The minimum Gasteiger partial charge on any atom is -0.321 e. The van der Waals surface area contributed by atoms with Crippen molar-refractivity contribution >= 4 is 23.2 Å². The van der Waals surface area contributed by atoms with Crippen molar-refractivity contribution in [3.63, 3.8) is 0 Å². The Morgan fingerprint density at radius 3 is 2.35 bits per heavy atom. The van der Waals surface area contributed by atoms with Gasteiger partial charge in [-0.25, -0.2) is 4.98 Å². The summed E-state index contributed by atoms with van der Waals surface area (Å²) in [6.07, 6.45) is 0.215. The Bertz CT molecular complexity index is 846. The SMILES string of the molecule is N#CCc1c(Cl)nc(-c2ccccc2)n1Cc1ccc(Cl)cc1. The van der Waals surface area contributed by atoms with Crippen molar-refractivity contribution < 1.29 is 0 Å². The topological polar surface area (TPSA) is 41.6 Å². The standard InChI is InChI=1S/C18H13Cl2N3/c19-15-8-6-13(7-9-15)12-23-16(10-11-21)17(20)22-18(23)14-4-2-1-3-5-14/h1-9H,10,12H2. The van der Waals surface area contributed by atoms with Gasteiger partial charge in [0.1, 0.15) is 5.82 Å². The summed E-state index contributed by atoms with van der Waals surface area (Å²) in [5.74, 6) is 0.760. The Labute approximate surface area is 144 Å². The summed E-state index contributed by atoms with van der Waals surface area (Å²) in [5, 5.41) is 10.2. The highest BCUT2D eigenvalue weighted by molar-refractivity contribution is 6.30. The van der Waals surface area contributed by atoms with Crippen molar-refractivity contribution in [1.29, 1.82) is 5.26 Å². The maximum atomic E-state index is 9.08. The van der Waals surface area contributed by atoms with E-state index in [1.807, 2.05) is 59.2 Å². The molecule has 0 aliphatic heterocycles. The van der Waals surface area contributed by atoms with Gasteiger partial charge in [-0.15, -0.1) is 0 Å². The molecular formula is C18H13Cl2N3. The molecule has 0 N–H and O–H groups in total. The van der Waals surface area contributed by atoms with E-state index in [4.69, 9.17) is 28.5 Å². The zero-order chi connectivity index (χ0) is 16.2. The summed E-state index contributed by atoms with van der Waals surface area (Å²) in [5.41, 5.74) is 2.76. The molecule has 5 heteroatoms. The van der Waals surface area contributed by atoms with Crippen LogP contribution in [0.25, 0.3) is 11.4 Å². The summed E-state index contributed by atoms with van der Waals surface area (Å²) < 4.78 is 1.99. The van der Waals surface area contributed by atoms with Crippen LogP contribution >= 0.6 is 23.2 Å². The van der Waals surface area contributed by atoms with Gasteiger partial charge in [-0.2, -0.15) is 5.26 Å². The lowest BCUT2D eigenvalue weighted by Crippen LogP contribution is -2.06. The molecule has 0 unspecified atom stereocenters. The fraction of sp³-hybridized carbons (Fsp3) is 0.111. The molecule has 0 amide bonds. The molecular weight excluding hydrogens is 329 g/mol. The zero-order valence-electron chi connectivity index (χ0n) is 12.2. The molecule has 0 aliphatic carbocycles. The number of hydrogen-bond acceptors (Lipinski definition) is 2. The van der Waals surface area contributed by atoms with Gasteiger partial charge >= 0.3 is 0 Å². The number of hydrogen-bond donors (Lipinski definition) is 0. The molecule has 1 aromatic heterocycles. The number of nitrogens with zero attached hydrogens (tertiary/aromatic N) is 3. The molecule has 0 saturated carbocycles. The molecule has 0 saturated heterocycles. The number of rotatable bonds is 4. The smallest absolute Gasteiger partial charge is 0.152 e. The van der Waals surface area contributed by atoms with Crippen molar-refractivity contribution in [2.75, 3.05) is 0 Å². The van der Waals surface area contributed by atoms with Gasteiger partial charge in [0.25, 0.3) is 0 Å². The zero-order valence-corrected chi connectivity index (χ0v) is 13.7. The molecule has 0 bridgehead atoms. The van der Waals surface area contributed by atoms with Gasteiger partial charge in [-0.3, -0.25) is 0 Å². The van der Waals surface area contributed by atoms with E-state index in [0.29, 0.717) is 16.7 Å². The minimum absolute atomic E-state index is 0.215. The van der Waals surface area contributed by atoms with Crippen LogP contribution < -0.4 is 0 Å². The van der Waals surface area contributed by atoms with Gasteiger partial charge in [-0.1, -0.05) is 65.7 Å². The maximum absolute atomic E-state index is 9.08. The summed E-state index contributed by atoms with van der Waals surface area (Å²) in [7, 11) is 0. The molecule has 23 heavy (non-hydrogen) atoms. The van der Waals surface area contributed by atoms with Gasteiger partial charge < -0.3 is 4.57 Å². The van der Waals surface area contributed by atoms with Gasteiger partial charge in [0.15, 0.2) is 5.15 Å². The van der Waals surface area contributed by atoms with E-state index in [1.54, 1.807) is 0 Å². The van der Waals surface area contributed by atoms with Crippen LogP contribution in [0.4, 0.5) is 0 Å². The number of benzene rings is 2. The normalized spacial score (nSPS) is 10.5. The second kappa shape index (κ2) is 6.87. The Hall–Kier alpha value is -2.28. The molecule has 0 fully saturated rings. The van der Waals surface area contributed by atoms with Gasteiger partial charge in [-0.05, 0) is 17.7 Å². The van der Waals surface area contributed by atoms with Crippen molar-refractivity contribution in [1.82, 2.24) is 9.55 Å². The summed E-state index contributed by atoms with van der Waals surface area (Å²) in [6, 6.07) is 19.6. The monoisotopic (exact) mass is 341 g/mol. The molecule has 0 aliphatic rings. The fourth-order valence-electron chi connectivity index (χ4n) is 2.45. The minimum atomic E-state index is 0.215. The summed E-state index contributed by atoms with van der Waals surface area (Å²) in [6.45, 7) is 0.581. The second-order valence-corrected chi connectivity index (χ2v) is 5.88. The predicted octanol–water partition coefficient (Wildman–Crippen LogP) is 4.97. The molecule has 114 valence electrons. The maximum Gasteiger partial charge on any atom is 0.152 e. The van der Waals surface area contributed by atoms with Crippen LogP contribution in [0, 0.1) is 11.3 Å². The summed E-state index contributed by atoms with van der Waals surface area (Å²) in [4.78, 5) is 4.46. The van der Waals surface area contributed by atoms with E-state index in [0.717, 1.165) is 22.6 Å². The van der Waals surface area contributed by atoms with Crippen LogP contribution in [-0.2, 0) is 13.0 Å². The Morgan fingerprint density at radius 2 is 1.70 bits per heavy atom. The van der Waals surface area contributed by atoms with E-state index >= 15 is 0 Å². The van der Waals surface area contributed by atoms with Crippen LogP contribution in [0.2, 0.25) is 10.2 Å². The molecule has 3 nitrogen and oxygen atoms in total. The van der Waals surface area contributed by atoms with Crippen LogP contribution in [0.5, 0.6) is 0 Å².